The quantitative estimate of drug-likeness (QED) is 0.408. The standard InChI is InChI=1S/C22H19Cl3N2O4S/c1-2-31-20-9-4-3-8-19(20)27(32(29,30)16-12-10-15(23)11-13-16)14-21(28)26-18-7-5-6-17(24)22(18)25/h3-13H,2,14H2,1H3,(H,26,28). The average Bonchev–Trinajstić information content (AvgIpc) is 2.76. The molecule has 0 aliphatic heterocycles. The summed E-state index contributed by atoms with van der Waals surface area (Å²) >= 11 is 18.1. The summed E-state index contributed by atoms with van der Waals surface area (Å²) < 4.78 is 33.6. The van der Waals surface area contributed by atoms with E-state index in [2.05, 4.69) is 5.32 Å². The van der Waals surface area contributed by atoms with Crippen LogP contribution in [0, 0.1) is 0 Å². The van der Waals surface area contributed by atoms with Crippen LogP contribution in [0.5, 0.6) is 5.75 Å². The van der Waals surface area contributed by atoms with Gasteiger partial charge in [0.05, 0.1) is 32.9 Å². The maximum atomic E-state index is 13.5. The summed E-state index contributed by atoms with van der Waals surface area (Å²) in [4.78, 5) is 12.9. The number of halogens is 3. The highest BCUT2D eigenvalue weighted by molar-refractivity contribution is 7.92. The van der Waals surface area contributed by atoms with E-state index in [1.54, 1.807) is 49.4 Å². The normalized spacial score (nSPS) is 11.1. The van der Waals surface area contributed by atoms with Gasteiger partial charge in [0, 0.05) is 5.02 Å². The molecule has 0 spiro atoms. The highest BCUT2D eigenvalue weighted by Gasteiger charge is 2.29. The zero-order valence-corrected chi connectivity index (χ0v) is 20.0. The molecule has 0 heterocycles. The van der Waals surface area contributed by atoms with E-state index >= 15 is 0 Å². The Labute approximate surface area is 201 Å². The van der Waals surface area contributed by atoms with Crippen molar-refractivity contribution in [3.8, 4) is 5.75 Å². The van der Waals surface area contributed by atoms with Crippen LogP contribution in [0.25, 0.3) is 0 Å². The maximum Gasteiger partial charge on any atom is 0.264 e. The van der Waals surface area contributed by atoms with Crippen molar-refractivity contribution < 1.29 is 17.9 Å². The number of carbonyl (C=O) groups excluding carboxylic acids is 1. The lowest BCUT2D eigenvalue weighted by molar-refractivity contribution is -0.114. The van der Waals surface area contributed by atoms with Crippen LogP contribution in [0.15, 0.2) is 71.6 Å². The van der Waals surface area contributed by atoms with Gasteiger partial charge >= 0.3 is 0 Å². The van der Waals surface area contributed by atoms with Crippen LogP contribution in [-0.2, 0) is 14.8 Å². The van der Waals surface area contributed by atoms with E-state index in [0.29, 0.717) is 17.4 Å². The minimum atomic E-state index is -4.14. The third kappa shape index (κ3) is 5.48. The number of para-hydroxylation sites is 2. The fraction of sp³-hybridized carbons (Fsp3) is 0.136. The van der Waals surface area contributed by atoms with Gasteiger partial charge in [0.1, 0.15) is 12.3 Å². The van der Waals surface area contributed by atoms with Gasteiger partial charge in [-0.1, -0.05) is 53.0 Å². The average molecular weight is 514 g/mol. The van der Waals surface area contributed by atoms with Crippen molar-refractivity contribution in [2.75, 3.05) is 22.8 Å². The molecule has 0 aliphatic carbocycles. The molecule has 0 bridgehead atoms. The van der Waals surface area contributed by atoms with E-state index in [1.807, 2.05) is 0 Å². The molecule has 3 aromatic carbocycles. The van der Waals surface area contributed by atoms with Crippen molar-refractivity contribution in [2.45, 2.75) is 11.8 Å². The SMILES string of the molecule is CCOc1ccccc1N(CC(=O)Nc1cccc(Cl)c1Cl)S(=O)(=O)c1ccc(Cl)cc1. The number of hydrogen-bond acceptors (Lipinski definition) is 4. The van der Waals surface area contributed by atoms with E-state index < -0.39 is 22.5 Å². The van der Waals surface area contributed by atoms with Gasteiger partial charge in [-0.3, -0.25) is 9.10 Å². The van der Waals surface area contributed by atoms with Crippen LogP contribution in [-0.4, -0.2) is 27.5 Å². The highest BCUT2D eigenvalue weighted by atomic mass is 35.5. The van der Waals surface area contributed by atoms with Crippen molar-refractivity contribution in [2.24, 2.45) is 0 Å². The molecule has 1 amide bonds. The first-order valence-electron chi connectivity index (χ1n) is 9.48. The number of carbonyl (C=O) groups is 1. The van der Waals surface area contributed by atoms with Crippen molar-refractivity contribution in [1.82, 2.24) is 0 Å². The molecule has 0 aliphatic rings. The second kappa shape index (κ2) is 10.4. The second-order valence-corrected chi connectivity index (χ2v) is 9.60. The fourth-order valence-electron chi connectivity index (χ4n) is 2.89. The van der Waals surface area contributed by atoms with Crippen LogP contribution >= 0.6 is 34.8 Å². The topological polar surface area (TPSA) is 75.7 Å². The predicted molar refractivity (Wildman–Crippen MR) is 129 cm³/mol. The number of sulfonamides is 1. The number of amides is 1. The number of benzene rings is 3. The number of hydrogen-bond donors (Lipinski definition) is 1. The lowest BCUT2D eigenvalue weighted by Gasteiger charge is -2.26. The lowest BCUT2D eigenvalue weighted by Crippen LogP contribution is -2.38. The molecule has 0 aromatic heterocycles. The summed E-state index contributed by atoms with van der Waals surface area (Å²) in [7, 11) is -4.14. The Morgan fingerprint density at radius 2 is 1.66 bits per heavy atom. The largest absolute Gasteiger partial charge is 0.492 e. The number of anilines is 2. The van der Waals surface area contributed by atoms with Gasteiger partial charge in [0.2, 0.25) is 5.91 Å². The smallest absolute Gasteiger partial charge is 0.264 e. The monoisotopic (exact) mass is 512 g/mol. The highest BCUT2D eigenvalue weighted by Crippen LogP contribution is 2.33. The molecule has 3 rings (SSSR count). The third-order valence-electron chi connectivity index (χ3n) is 4.35. The minimum Gasteiger partial charge on any atom is -0.492 e. The van der Waals surface area contributed by atoms with Crippen molar-refractivity contribution >= 4 is 62.1 Å². The third-order valence-corrected chi connectivity index (χ3v) is 7.19. The van der Waals surface area contributed by atoms with Crippen LogP contribution in [0.1, 0.15) is 6.92 Å². The van der Waals surface area contributed by atoms with E-state index in [-0.39, 0.29) is 26.3 Å². The second-order valence-electron chi connectivity index (χ2n) is 6.52. The first-order valence-corrected chi connectivity index (χ1v) is 12.1. The van der Waals surface area contributed by atoms with E-state index in [0.717, 1.165) is 4.31 Å². The Bertz CT molecular complexity index is 1220. The molecular formula is C22H19Cl3N2O4S. The predicted octanol–water partition coefficient (Wildman–Crippen LogP) is 5.88. The van der Waals surface area contributed by atoms with Gasteiger partial charge in [-0.15, -0.1) is 0 Å². The Kier molecular flexibility index (Phi) is 7.90. The molecule has 0 radical (unpaired) electrons. The Morgan fingerprint density at radius 1 is 0.969 bits per heavy atom. The molecule has 10 heteroatoms. The van der Waals surface area contributed by atoms with Gasteiger partial charge in [-0.2, -0.15) is 0 Å². The summed E-state index contributed by atoms with van der Waals surface area (Å²) in [5.74, 6) is -0.292. The van der Waals surface area contributed by atoms with Crippen molar-refractivity contribution in [3.05, 3.63) is 81.8 Å². The van der Waals surface area contributed by atoms with Gasteiger partial charge in [-0.05, 0) is 55.5 Å². The zero-order chi connectivity index (χ0) is 23.3. The summed E-state index contributed by atoms with van der Waals surface area (Å²) in [5.41, 5.74) is 0.489. The summed E-state index contributed by atoms with van der Waals surface area (Å²) in [6.07, 6.45) is 0. The number of rotatable bonds is 8. The van der Waals surface area contributed by atoms with Crippen LogP contribution in [0.3, 0.4) is 0 Å². The lowest BCUT2D eigenvalue weighted by atomic mass is 10.3. The van der Waals surface area contributed by atoms with Crippen molar-refractivity contribution in [1.29, 1.82) is 0 Å². The van der Waals surface area contributed by atoms with Gasteiger partial charge < -0.3 is 10.1 Å². The Balaban J connectivity index is 2.02. The summed E-state index contributed by atoms with van der Waals surface area (Å²) in [6, 6.07) is 17.0. The molecule has 0 unspecified atom stereocenters. The zero-order valence-electron chi connectivity index (χ0n) is 16.9. The molecule has 0 atom stereocenters. The van der Waals surface area contributed by atoms with Gasteiger partial charge in [-0.25, -0.2) is 8.42 Å². The number of nitrogens with one attached hydrogen (secondary N) is 1. The maximum absolute atomic E-state index is 13.5. The molecule has 6 nitrogen and oxygen atoms in total. The van der Waals surface area contributed by atoms with Gasteiger partial charge in [0.25, 0.3) is 10.0 Å². The molecule has 0 saturated heterocycles. The molecule has 32 heavy (non-hydrogen) atoms. The summed E-state index contributed by atoms with van der Waals surface area (Å²) in [5, 5.41) is 3.42. The van der Waals surface area contributed by atoms with Crippen LogP contribution in [0.2, 0.25) is 15.1 Å². The number of nitrogens with zero attached hydrogens (tertiary/aromatic N) is 1. The van der Waals surface area contributed by atoms with Crippen molar-refractivity contribution in [3.63, 3.8) is 0 Å². The van der Waals surface area contributed by atoms with E-state index in [4.69, 9.17) is 39.5 Å². The van der Waals surface area contributed by atoms with Gasteiger partial charge in [0.15, 0.2) is 0 Å². The molecule has 1 N–H and O–H groups in total. The minimum absolute atomic E-state index is 0.0261. The molecule has 0 fully saturated rings. The molecule has 3 aromatic rings. The van der Waals surface area contributed by atoms with E-state index in [1.165, 1.54) is 24.3 Å². The molecular weight excluding hydrogens is 495 g/mol. The van der Waals surface area contributed by atoms with Crippen LogP contribution < -0.4 is 14.4 Å². The number of ether oxygens (including phenoxy) is 1. The first kappa shape index (κ1) is 24.2. The van der Waals surface area contributed by atoms with Crippen LogP contribution in [0.4, 0.5) is 11.4 Å². The van der Waals surface area contributed by atoms with E-state index in [9.17, 15) is 13.2 Å². The Hall–Kier alpha value is -2.45. The molecule has 168 valence electrons. The molecule has 0 saturated carbocycles. The fourth-order valence-corrected chi connectivity index (χ4v) is 4.80. The Morgan fingerprint density at radius 3 is 2.34 bits per heavy atom. The summed E-state index contributed by atoms with van der Waals surface area (Å²) in [6.45, 7) is 1.57. The first-order chi connectivity index (χ1) is 15.2.